The van der Waals surface area contributed by atoms with E-state index in [-0.39, 0.29) is 11.8 Å². The number of phenolic OH excluding ortho intramolecular Hbond substituents is 1. The lowest BCUT2D eigenvalue weighted by Crippen LogP contribution is -2.20. The first-order valence-corrected chi connectivity index (χ1v) is 4.58. The molecule has 0 fully saturated rings. The molecule has 5 N–H and O–H groups in total. The maximum atomic E-state index is 9.84. The minimum atomic E-state index is -0.306. The molecule has 1 rings (SSSR count). The molecule has 0 aromatic heterocycles. The van der Waals surface area contributed by atoms with Crippen molar-refractivity contribution in [2.45, 2.75) is 12.5 Å². The highest BCUT2D eigenvalue weighted by Gasteiger charge is 2.11. The highest BCUT2D eigenvalue weighted by atomic mass is 16.3. The number of phenols is 1. The first-order valence-electron chi connectivity index (χ1n) is 4.58. The van der Waals surface area contributed by atoms with Gasteiger partial charge in [0.15, 0.2) is 0 Å². The van der Waals surface area contributed by atoms with Crippen LogP contribution in [0.2, 0.25) is 0 Å². The monoisotopic (exact) mass is 192 g/mol. The van der Waals surface area contributed by atoms with Gasteiger partial charge >= 0.3 is 0 Å². The molecule has 3 heteroatoms. The van der Waals surface area contributed by atoms with Crippen molar-refractivity contribution < 1.29 is 5.11 Å². The van der Waals surface area contributed by atoms with Crippen molar-refractivity contribution in [1.29, 1.82) is 0 Å². The van der Waals surface area contributed by atoms with E-state index in [2.05, 4.69) is 6.58 Å². The summed E-state index contributed by atoms with van der Waals surface area (Å²) in [6, 6.07) is 5.20. The van der Waals surface area contributed by atoms with E-state index in [1.54, 1.807) is 12.1 Å². The van der Waals surface area contributed by atoms with Gasteiger partial charge in [-0.05, 0) is 12.0 Å². The van der Waals surface area contributed by atoms with Crippen LogP contribution in [0.4, 0.5) is 0 Å². The lowest BCUT2D eigenvalue weighted by atomic mass is 10.0. The molecule has 1 aromatic rings. The highest BCUT2D eigenvalue weighted by molar-refractivity contribution is 5.43. The van der Waals surface area contributed by atoms with Crippen molar-refractivity contribution in [3.05, 3.63) is 42.0 Å². The molecule has 0 aliphatic heterocycles. The molecule has 1 atom stereocenters. The summed E-state index contributed by atoms with van der Waals surface area (Å²) in [6.45, 7) is 3.95. The lowest BCUT2D eigenvalue weighted by molar-refractivity contribution is 0.456. The Morgan fingerprint density at radius 3 is 2.79 bits per heavy atom. The van der Waals surface area contributed by atoms with Gasteiger partial charge in [-0.1, -0.05) is 24.3 Å². The molecule has 76 valence electrons. The molecule has 3 nitrogen and oxygen atoms in total. The van der Waals surface area contributed by atoms with Crippen molar-refractivity contribution in [3.8, 4) is 5.75 Å². The summed E-state index contributed by atoms with van der Waals surface area (Å²) in [5.41, 5.74) is 12.7. The molecule has 0 saturated heterocycles. The van der Waals surface area contributed by atoms with E-state index in [9.17, 15) is 5.11 Å². The summed E-state index contributed by atoms with van der Waals surface area (Å²) in [7, 11) is 0. The Kier molecular flexibility index (Phi) is 3.68. The van der Waals surface area contributed by atoms with Gasteiger partial charge in [0.05, 0.1) is 0 Å². The maximum Gasteiger partial charge on any atom is 0.123 e. The topological polar surface area (TPSA) is 72.3 Å². The third kappa shape index (κ3) is 2.13. The first-order chi connectivity index (χ1) is 6.70. The molecule has 0 aliphatic rings. The average Bonchev–Trinajstić information content (AvgIpc) is 2.20. The summed E-state index contributed by atoms with van der Waals surface area (Å²) in [4.78, 5) is 0. The van der Waals surface area contributed by atoms with Crippen LogP contribution in [0.3, 0.4) is 0 Å². The average molecular weight is 192 g/mol. The Balaban J connectivity index is 3.06. The molecule has 0 heterocycles. The van der Waals surface area contributed by atoms with Gasteiger partial charge in [-0.2, -0.15) is 0 Å². The SMILES string of the molecule is C=CCc1cccc([C@@H](N)CN)c1O. The van der Waals surface area contributed by atoms with Crippen molar-refractivity contribution >= 4 is 0 Å². The Morgan fingerprint density at radius 1 is 1.50 bits per heavy atom. The largest absolute Gasteiger partial charge is 0.507 e. The molecular weight excluding hydrogens is 176 g/mol. The van der Waals surface area contributed by atoms with Crippen molar-refractivity contribution in [1.82, 2.24) is 0 Å². The Morgan fingerprint density at radius 2 is 2.21 bits per heavy atom. The van der Waals surface area contributed by atoms with Gasteiger partial charge in [-0.15, -0.1) is 6.58 Å². The fourth-order valence-electron chi connectivity index (χ4n) is 1.36. The van der Waals surface area contributed by atoms with E-state index in [4.69, 9.17) is 11.5 Å². The maximum absolute atomic E-state index is 9.84. The number of para-hydroxylation sites is 1. The number of rotatable bonds is 4. The van der Waals surface area contributed by atoms with Crippen LogP contribution in [-0.2, 0) is 6.42 Å². The van der Waals surface area contributed by atoms with Crippen LogP contribution in [0.1, 0.15) is 17.2 Å². The third-order valence-corrected chi connectivity index (χ3v) is 2.17. The van der Waals surface area contributed by atoms with Crippen molar-refractivity contribution in [3.63, 3.8) is 0 Å². The fourth-order valence-corrected chi connectivity index (χ4v) is 1.36. The number of allylic oxidation sites excluding steroid dienone is 1. The lowest BCUT2D eigenvalue weighted by Gasteiger charge is -2.13. The molecule has 0 amide bonds. The second kappa shape index (κ2) is 4.79. The van der Waals surface area contributed by atoms with E-state index in [0.29, 0.717) is 18.5 Å². The van der Waals surface area contributed by atoms with Crippen LogP contribution in [-0.4, -0.2) is 11.7 Å². The quantitative estimate of drug-likeness (QED) is 0.625. The van der Waals surface area contributed by atoms with Crippen LogP contribution in [0, 0.1) is 0 Å². The predicted octanol–water partition coefficient (Wildman–Crippen LogP) is 1.08. The summed E-state index contributed by atoms with van der Waals surface area (Å²) in [5.74, 6) is 0.241. The van der Waals surface area contributed by atoms with Crippen LogP contribution < -0.4 is 11.5 Å². The van der Waals surface area contributed by atoms with Crippen LogP contribution >= 0.6 is 0 Å². The van der Waals surface area contributed by atoms with Crippen LogP contribution in [0.15, 0.2) is 30.9 Å². The second-order valence-electron chi connectivity index (χ2n) is 3.19. The Hall–Kier alpha value is -1.32. The molecule has 0 saturated carbocycles. The second-order valence-corrected chi connectivity index (χ2v) is 3.19. The summed E-state index contributed by atoms with van der Waals surface area (Å²) in [6.07, 6.45) is 2.38. The molecule has 1 aromatic carbocycles. The van der Waals surface area contributed by atoms with Gasteiger partial charge in [0, 0.05) is 18.2 Å². The summed E-state index contributed by atoms with van der Waals surface area (Å²) >= 11 is 0. The molecule has 0 bridgehead atoms. The first kappa shape index (κ1) is 10.8. The van der Waals surface area contributed by atoms with Crippen LogP contribution in [0.5, 0.6) is 5.75 Å². The fraction of sp³-hybridized carbons (Fsp3) is 0.273. The van der Waals surface area contributed by atoms with Gasteiger partial charge in [0.1, 0.15) is 5.75 Å². The molecule has 0 radical (unpaired) electrons. The minimum absolute atomic E-state index is 0.241. The highest BCUT2D eigenvalue weighted by Crippen LogP contribution is 2.26. The number of hydrogen-bond acceptors (Lipinski definition) is 3. The van der Waals surface area contributed by atoms with Gasteiger partial charge in [-0.25, -0.2) is 0 Å². The summed E-state index contributed by atoms with van der Waals surface area (Å²) in [5, 5.41) is 9.84. The normalized spacial score (nSPS) is 12.4. The van der Waals surface area contributed by atoms with Gasteiger partial charge < -0.3 is 16.6 Å². The van der Waals surface area contributed by atoms with Crippen molar-refractivity contribution in [2.24, 2.45) is 11.5 Å². The zero-order valence-electron chi connectivity index (χ0n) is 8.11. The van der Waals surface area contributed by atoms with E-state index < -0.39 is 0 Å². The summed E-state index contributed by atoms with van der Waals surface area (Å²) < 4.78 is 0. The van der Waals surface area contributed by atoms with Gasteiger partial charge in [0.2, 0.25) is 0 Å². The number of nitrogens with two attached hydrogens (primary N) is 2. The van der Waals surface area contributed by atoms with E-state index in [0.717, 1.165) is 5.56 Å². The standard InChI is InChI=1S/C11H16N2O/c1-2-4-8-5-3-6-9(11(8)14)10(13)7-12/h2-3,5-6,10,14H,1,4,7,12-13H2/t10-/m0/s1. The third-order valence-electron chi connectivity index (χ3n) is 2.17. The molecular formula is C11H16N2O. The molecule has 0 aliphatic carbocycles. The molecule has 14 heavy (non-hydrogen) atoms. The minimum Gasteiger partial charge on any atom is -0.507 e. The smallest absolute Gasteiger partial charge is 0.123 e. The van der Waals surface area contributed by atoms with E-state index >= 15 is 0 Å². The molecule has 0 unspecified atom stereocenters. The Labute approximate surface area is 84.0 Å². The van der Waals surface area contributed by atoms with E-state index in [1.165, 1.54) is 0 Å². The zero-order chi connectivity index (χ0) is 10.6. The zero-order valence-corrected chi connectivity index (χ0v) is 8.11. The number of aromatic hydroxyl groups is 1. The predicted molar refractivity (Wildman–Crippen MR) is 58.0 cm³/mol. The van der Waals surface area contributed by atoms with Gasteiger partial charge in [-0.3, -0.25) is 0 Å². The van der Waals surface area contributed by atoms with E-state index in [1.807, 2.05) is 12.1 Å². The number of benzene rings is 1. The Bertz CT molecular complexity index is 323. The number of hydrogen-bond donors (Lipinski definition) is 3. The molecule has 0 spiro atoms. The van der Waals surface area contributed by atoms with Crippen molar-refractivity contribution in [2.75, 3.05) is 6.54 Å². The van der Waals surface area contributed by atoms with Gasteiger partial charge in [0.25, 0.3) is 0 Å². The van der Waals surface area contributed by atoms with Crippen LogP contribution in [0.25, 0.3) is 0 Å².